The van der Waals surface area contributed by atoms with Crippen molar-refractivity contribution in [3.8, 4) is 0 Å². The molecule has 0 radical (unpaired) electrons. The molecule has 0 spiro atoms. The fourth-order valence-corrected chi connectivity index (χ4v) is 4.04. The number of aryl methyl sites for hydroxylation is 2. The molecule has 1 saturated heterocycles. The Morgan fingerprint density at radius 3 is 3.11 bits per heavy atom. The number of aliphatic imine (C=N–C) groups is 1. The van der Waals surface area contributed by atoms with Crippen molar-refractivity contribution in [2.45, 2.75) is 44.8 Å². The van der Waals surface area contributed by atoms with E-state index in [-0.39, 0.29) is 0 Å². The van der Waals surface area contributed by atoms with Gasteiger partial charge >= 0.3 is 0 Å². The van der Waals surface area contributed by atoms with Gasteiger partial charge < -0.3 is 20.1 Å². The summed E-state index contributed by atoms with van der Waals surface area (Å²) in [5.74, 6) is 2.87. The lowest BCUT2D eigenvalue weighted by Gasteiger charge is -2.20. The van der Waals surface area contributed by atoms with E-state index in [1.54, 1.807) is 13.2 Å². The Hall–Kier alpha value is -2.28. The van der Waals surface area contributed by atoms with E-state index in [1.807, 2.05) is 12.1 Å². The monoisotopic (exact) mass is 387 g/mol. The van der Waals surface area contributed by atoms with Crippen LogP contribution in [-0.4, -0.2) is 46.7 Å². The minimum Gasteiger partial charge on any atom is -0.353 e. The van der Waals surface area contributed by atoms with Gasteiger partial charge in [0.25, 0.3) is 0 Å². The maximum atomic E-state index is 6.28. The zero-order valence-electron chi connectivity index (χ0n) is 15.7. The largest absolute Gasteiger partial charge is 0.353 e. The van der Waals surface area contributed by atoms with Gasteiger partial charge in [-0.2, -0.15) is 0 Å². The highest BCUT2D eigenvalue weighted by molar-refractivity contribution is 6.32. The number of pyridine rings is 1. The molecule has 0 aliphatic carbocycles. The average Bonchev–Trinajstić information content (AvgIpc) is 3.32. The van der Waals surface area contributed by atoms with E-state index in [1.165, 1.54) is 18.7 Å². The molecule has 1 atom stereocenters. The zero-order valence-corrected chi connectivity index (χ0v) is 16.4. The first-order valence-electron chi connectivity index (χ1n) is 9.60. The third-order valence-electron chi connectivity index (χ3n) is 5.19. The van der Waals surface area contributed by atoms with E-state index < -0.39 is 0 Å². The standard InChI is InChI=1S/C19H26ClN7/c1-21-19(23-11-15-13-26-9-3-2-6-17(26)24-15)25-14-7-10-27(12-14)18-16(20)5-4-8-22-18/h4-5,8,13-14H,2-3,6-7,9-12H2,1H3,(H2,21,23,25). The van der Waals surface area contributed by atoms with Crippen LogP contribution in [0.4, 0.5) is 5.82 Å². The Morgan fingerprint density at radius 2 is 2.30 bits per heavy atom. The van der Waals surface area contributed by atoms with Gasteiger partial charge in [-0.05, 0) is 31.4 Å². The highest BCUT2D eigenvalue weighted by Gasteiger charge is 2.25. The molecule has 2 aromatic rings. The molecule has 0 amide bonds. The number of hydrogen-bond donors (Lipinski definition) is 2. The van der Waals surface area contributed by atoms with Crippen LogP contribution in [0.25, 0.3) is 0 Å². The number of rotatable bonds is 4. The van der Waals surface area contributed by atoms with Crippen molar-refractivity contribution < 1.29 is 0 Å². The van der Waals surface area contributed by atoms with Gasteiger partial charge in [-0.1, -0.05) is 11.6 Å². The summed E-state index contributed by atoms with van der Waals surface area (Å²) in [6.45, 7) is 3.56. The van der Waals surface area contributed by atoms with Crippen molar-refractivity contribution in [1.82, 2.24) is 25.2 Å². The van der Waals surface area contributed by atoms with Crippen molar-refractivity contribution in [3.05, 3.63) is 41.1 Å². The van der Waals surface area contributed by atoms with Crippen LogP contribution >= 0.6 is 11.6 Å². The van der Waals surface area contributed by atoms with Crippen LogP contribution in [0.15, 0.2) is 29.5 Å². The number of nitrogens with one attached hydrogen (secondary N) is 2. The fraction of sp³-hybridized carbons (Fsp3) is 0.526. The number of anilines is 1. The van der Waals surface area contributed by atoms with Gasteiger partial charge in [0.1, 0.15) is 11.6 Å². The lowest BCUT2D eigenvalue weighted by atomic mass is 10.2. The minimum absolute atomic E-state index is 0.310. The molecular formula is C19H26ClN7. The zero-order chi connectivity index (χ0) is 18.6. The number of halogens is 1. The first-order valence-corrected chi connectivity index (χ1v) is 9.98. The van der Waals surface area contributed by atoms with E-state index in [2.05, 4.69) is 36.3 Å². The van der Waals surface area contributed by atoms with Crippen LogP contribution in [0, 0.1) is 0 Å². The summed E-state index contributed by atoms with van der Waals surface area (Å²) in [4.78, 5) is 15.7. The number of imidazole rings is 1. The number of aromatic nitrogens is 3. The topological polar surface area (TPSA) is 70.4 Å². The summed E-state index contributed by atoms with van der Waals surface area (Å²) in [6, 6.07) is 4.05. The lowest BCUT2D eigenvalue weighted by molar-refractivity contribution is 0.522. The first kappa shape index (κ1) is 18.1. The third kappa shape index (κ3) is 4.18. The maximum Gasteiger partial charge on any atom is 0.191 e. The van der Waals surface area contributed by atoms with Crippen LogP contribution < -0.4 is 15.5 Å². The first-order chi connectivity index (χ1) is 13.2. The highest BCUT2D eigenvalue weighted by atomic mass is 35.5. The minimum atomic E-state index is 0.310. The second-order valence-electron chi connectivity index (χ2n) is 7.11. The second-order valence-corrected chi connectivity index (χ2v) is 7.52. The van der Waals surface area contributed by atoms with Gasteiger partial charge in [0, 0.05) is 51.5 Å². The number of fused-ring (bicyclic) bond motifs is 1. The second kappa shape index (κ2) is 8.17. The van der Waals surface area contributed by atoms with Crippen molar-refractivity contribution in [2.75, 3.05) is 25.0 Å². The molecule has 0 bridgehead atoms. The van der Waals surface area contributed by atoms with Crippen molar-refractivity contribution in [2.24, 2.45) is 4.99 Å². The highest BCUT2D eigenvalue weighted by Crippen LogP contribution is 2.25. The molecular weight excluding hydrogens is 362 g/mol. The Morgan fingerprint density at radius 1 is 1.37 bits per heavy atom. The average molecular weight is 388 g/mol. The molecule has 7 nitrogen and oxygen atoms in total. The van der Waals surface area contributed by atoms with Gasteiger partial charge in [-0.15, -0.1) is 0 Å². The molecule has 27 heavy (non-hydrogen) atoms. The smallest absolute Gasteiger partial charge is 0.191 e. The summed E-state index contributed by atoms with van der Waals surface area (Å²) in [6.07, 6.45) is 8.54. The van der Waals surface area contributed by atoms with E-state index in [9.17, 15) is 0 Å². The molecule has 0 aromatic carbocycles. The predicted molar refractivity (Wildman–Crippen MR) is 108 cm³/mol. The maximum absolute atomic E-state index is 6.28. The van der Waals surface area contributed by atoms with Crippen LogP contribution in [-0.2, 0) is 19.5 Å². The summed E-state index contributed by atoms with van der Waals surface area (Å²) in [5.41, 5.74) is 1.07. The molecule has 2 aliphatic rings. The molecule has 4 heterocycles. The Kier molecular flexibility index (Phi) is 5.48. The number of nitrogens with zero attached hydrogens (tertiary/aromatic N) is 5. The van der Waals surface area contributed by atoms with Crippen molar-refractivity contribution >= 4 is 23.4 Å². The molecule has 1 unspecified atom stereocenters. The fourth-order valence-electron chi connectivity index (χ4n) is 3.80. The normalized spacial score (nSPS) is 19.9. The lowest BCUT2D eigenvalue weighted by Crippen LogP contribution is -2.44. The third-order valence-corrected chi connectivity index (χ3v) is 5.48. The van der Waals surface area contributed by atoms with Gasteiger partial charge in [0.2, 0.25) is 0 Å². The van der Waals surface area contributed by atoms with Gasteiger partial charge in [0.15, 0.2) is 5.96 Å². The molecule has 2 aliphatic heterocycles. The number of hydrogen-bond acceptors (Lipinski definition) is 4. The molecule has 1 fully saturated rings. The van der Waals surface area contributed by atoms with E-state index in [0.717, 1.165) is 49.9 Å². The van der Waals surface area contributed by atoms with Gasteiger partial charge in [-0.25, -0.2) is 9.97 Å². The molecule has 2 aromatic heterocycles. The Labute approximate surface area is 164 Å². The van der Waals surface area contributed by atoms with Crippen LogP contribution in [0.3, 0.4) is 0 Å². The summed E-state index contributed by atoms with van der Waals surface area (Å²) < 4.78 is 2.28. The summed E-state index contributed by atoms with van der Waals surface area (Å²) in [5, 5.41) is 7.60. The van der Waals surface area contributed by atoms with E-state index in [4.69, 9.17) is 16.6 Å². The molecule has 8 heteroatoms. The molecule has 2 N–H and O–H groups in total. The van der Waals surface area contributed by atoms with Crippen molar-refractivity contribution in [3.63, 3.8) is 0 Å². The van der Waals surface area contributed by atoms with Crippen LogP contribution in [0.1, 0.15) is 30.8 Å². The van der Waals surface area contributed by atoms with Gasteiger partial charge in [0.05, 0.1) is 17.3 Å². The molecule has 4 rings (SSSR count). The van der Waals surface area contributed by atoms with Crippen molar-refractivity contribution in [1.29, 1.82) is 0 Å². The van der Waals surface area contributed by atoms with Gasteiger partial charge in [-0.3, -0.25) is 4.99 Å². The Balaban J connectivity index is 1.30. The summed E-state index contributed by atoms with van der Waals surface area (Å²) >= 11 is 6.28. The quantitative estimate of drug-likeness (QED) is 0.621. The molecule has 144 valence electrons. The Bertz CT molecular complexity index is 793. The number of guanidine groups is 1. The molecule has 0 saturated carbocycles. The summed E-state index contributed by atoms with van der Waals surface area (Å²) in [7, 11) is 1.80. The predicted octanol–water partition coefficient (Wildman–Crippen LogP) is 2.21. The van der Waals surface area contributed by atoms with Crippen LogP contribution in [0.2, 0.25) is 5.02 Å². The van der Waals surface area contributed by atoms with E-state index in [0.29, 0.717) is 17.6 Å². The van der Waals surface area contributed by atoms with Crippen LogP contribution in [0.5, 0.6) is 0 Å². The SMILES string of the molecule is CN=C(NCc1cn2c(n1)CCCC2)NC1CCN(c2ncccc2Cl)C1. The van der Waals surface area contributed by atoms with E-state index >= 15 is 0 Å².